The maximum absolute atomic E-state index is 13.3. The van der Waals surface area contributed by atoms with Crippen LogP contribution in [0.4, 0.5) is 10.1 Å². The highest BCUT2D eigenvalue weighted by atomic mass is 19.1. The van der Waals surface area contributed by atoms with Gasteiger partial charge in [0.25, 0.3) is 0 Å². The number of halogens is 1. The topological polar surface area (TPSA) is 61.4 Å². The van der Waals surface area contributed by atoms with Gasteiger partial charge in [0.15, 0.2) is 0 Å². The Hall–Kier alpha value is -2.24. The number of aliphatic hydroxyl groups excluding tert-OH is 1. The molecule has 4 nitrogen and oxygen atoms in total. The third-order valence-corrected chi connectivity index (χ3v) is 3.21. The van der Waals surface area contributed by atoms with Gasteiger partial charge in [-0.1, -0.05) is 18.2 Å². The van der Waals surface area contributed by atoms with Crippen molar-refractivity contribution in [2.45, 2.75) is 26.6 Å². The van der Waals surface area contributed by atoms with E-state index in [2.05, 4.69) is 10.6 Å². The van der Waals surface area contributed by atoms with Gasteiger partial charge in [-0.05, 0) is 35.4 Å². The Morgan fingerprint density at radius 1 is 1.09 bits per heavy atom. The van der Waals surface area contributed by atoms with E-state index in [-0.39, 0.29) is 18.3 Å². The molecule has 0 atom stereocenters. The van der Waals surface area contributed by atoms with Crippen LogP contribution in [0.3, 0.4) is 0 Å². The molecule has 0 heterocycles. The van der Waals surface area contributed by atoms with Crippen LogP contribution in [0.25, 0.3) is 0 Å². The number of hydrogen-bond donors (Lipinski definition) is 3. The van der Waals surface area contributed by atoms with Crippen molar-refractivity contribution in [3.8, 4) is 0 Å². The Kier molecular flexibility index (Phi) is 5.63. The largest absolute Gasteiger partial charge is 0.392 e. The molecule has 116 valence electrons. The van der Waals surface area contributed by atoms with Gasteiger partial charge in [-0.2, -0.15) is 0 Å². The second kappa shape index (κ2) is 7.68. The van der Waals surface area contributed by atoms with E-state index in [0.717, 1.165) is 16.8 Å². The summed E-state index contributed by atoms with van der Waals surface area (Å²) in [5.41, 5.74) is 3.07. The van der Waals surface area contributed by atoms with E-state index in [9.17, 15) is 9.18 Å². The summed E-state index contributed by atoms with van der Waals surface area (Å²) in [6.07, 6.45) is 0. The predicted octanol–water partition coefficient (Wildman–Crippen LogP) is 2.57. The zero-order valence-electron chi connectivity index (χ0n) is 12.4. The standard InChI is InChI=1S/C17H19FN2O2/c1-12(22)20-16-5-2-13(3-6-16)9-19-10-14-4-7-17(18)15(8-14)11-21/h2-8,19,21H,9-11H2,1H3,(H,20,22). The van der Waals surface area contributed by atoms with E-state index in [4.69, 9.17) is 5.11 Å². The highest BCUT2D eigenvalue weighted by Crippen LogP contribution is 2.12. The number of carbonyl (C=O) groups is 1. The van der Waals surface area contributed by atoms with E-state index in [1.165, 1.54) is 13.0 Å². The zero-order valence-corrected chi connectivity index (χ0v) is 12.4. The molecule has 0 radical (unpaired) electrons. The minimum atomic E-state index is -0.389. The predicted molar refractivity (Wildman–Crippen MR) is 83.6 cm³/mol. The molecule has 0 saturated carbocycles. The van der Waals surface area contributed by atoms with Gasteiger partial charge in [0.1, 0.15) is 5.82 Å². The number of amides is 1. The third-order valence-electron chi connectivity index (χ3n) is 3.21. The molecule has 22 heavy (non-hydrogen) atoms. The van der Waals surface area contributed by atoms with Gasteiger partial charge in [-0.15, -0.1) is 0 Å². The van der Waals surface area contributed by atoms with E-state index in [1.807, 2.05) is 24.3 Å². The molecule has 0 spiro atoms. The Balaban J connectivity index is 1.87. The Bertz CT molecular complexity index is 642. The van der Waals surface area contributed by atoms with Gasteiger partial charge in [0.05, 0.1) is 6.61 Å². The summed E-state index contributed by atoms with van der Waals surface area (Å²) in [6, 6.07) is 12.3. The molecular formula is C17H19FN2O2. The summed E-state index contributed by atoms with van der Waals surface area (Å²) in [4.78, 5) is 10.9. The summed E-state index contributed by atoms with van der Waals surface area (Å²) in [6.45, 7) is 2.41. The van der Waals surface area contributed by atoms with Gasteiger partial charge in [0.2, 0.25) is 5.91 Å². The fraction of sp³-hybridized carbons (Fsp3) is 0.235. The summed E-state index contributed by atoms with van der Waals surface area (Å²) in [5, 5.41) is 15.0. The van der Waals surface area contributed by atoms with Gasteiger partial charge in [0, 0.05) is 31.3 Å². The van der Waals surface area contributed by atoms with Crippen LogP contribution in [0.2, 0.25) is 0 Å². The molecule has 1 amide bonds. The van der Waals surface area contributed by atoms with Crippen LogP contribution in [-0.4, -0.2) is 11.0 Å². The molecule has 0 aliphatic carbocycles. The number of rotatable bonds is 6. The average molecular weight is 302 g/mol. The van der Waals surface area contributed by atoms with Crippen molar-refractivity contribution in [1.82, 2.24) is 5.32 Å². The van der Waals surface area contributed by atoms with Crippen molar-refractivity contribution >= 4 is 11.6 Å². The van der Waals surface area contributed by atoms with Gasteiger partial charge in [-0.25, -0.2) is 4.39 Å². The molecular weight excluding hydrogens is 283 g/mol. The first kappa shape index (κ1) is 16.1. The molecule has 2 aromatic carbocycles. The van der Waals surface area contributed by atoms with Crippen molar-refractivity contribution in [2.24, 2.45) is 0 Å². The average Bonchev–Trinajstić information content (AvgIpc) is 2.50. The number of benzene rings is 2. The molecule has 0 bridgehead atoms. The highest BCUT2D eigenvalue weighted by Gasteiger charge is 2.02. The second-order valence-corrected chi connectivity index (χ2v) is 5.07. The lowest BCUT2D eigenvalue weighted by molar-refractivity contribution is -0.114. The van der Waals surface area contributed by atoms with Gasteiger partial charge in [-0.3, -0.25) is 4.79 Å². The van der Waals surface area contributed by atoms with Gasteiger partial charge < -0.3 is 15.7 Å². The monoisotopic (exact) mass is 302 g/mol. The molecule has 0 aromatic heterocycles. The number of aliphatic hydroxyl groups is 1. The minimum Gasteiger partial charge on any atom is -0.392 e. The number of anilines is 1. The van der Waals surface area contributed by atoms with Crippen LogP contribution in [-0.2, 0) is 24.5 Å². The second-order valence-electron chi connectivity index (χ2n) is 5.07. The van der Waals surface area contributed by atoms with Gasteiger partial charge >= 0.3 is 0 Å². The maximum Gasteiger partial charge on any atom is 0.221 e. The van der Waals surface area contributed by atoms with Crippen LogP contribution in [0.5, 0.6) is 0 Å². The summed E-state index contributed by atoms with van der Waals surface area (Å²) in [7, 11) is 0. The molecule has 2 aromatic rings. The lowest BCUT2D eigenvalue weighted by Gasteiger charge is -2.08. The molecule has 0 saturated heterocycles. The Morgan fingerprint density at radius 3 is 2.36 bits per heavy atom. The lowest BCUT2D eigenvalue weighted by Crippen LogP contribution is -2.13. The molecule has 0 aliphatic rings. The van der Waals surface area contributed by atoms with E-state index in [1.54, 1.807) is 12.1 Å². The zero-order chi connectivity index (χ0) is 15.9. The third kappa shape index (κ3) is 4.65. The van der Waals surface area contributed by atoms with Crippen molar-refractivity contribution in [3.63, 3.8) is 0 Å². The Morgan fingerprint density at radius 2 is 1.73 bits per heavy atom. The van der Waals surface area contributed by atoms with Crippen molar-refractivity contribution in [3.05, 3.63) is 65.0 Å². The summed E-state index contributed by atoms with van der Waals surface area (Å²) >= 11 is 0. The normalized spacial score (nSPS) is 10.5. The van der Waals surface area contributed by atoms with Crippen LogP contribution in [0.15, 0.2) is 42.5 Å². The summed E-state index contributed by atoms with van der Waals surface area (Å²) < 4.78 is 13.3. The molecule has 2 rings (SSSR count). The van der Waals surface area contributed by atoms with E-state index in [0.29, 0.717) is 18.7 Å². The molecule has 5 heteroatoms. The van der Waals surface area contributed by atoms with Crippen molar-refractivity contribution < 1.29 is 14.3 Å². The van der Waals surface area contributed by atoms with E-state index < -0.39 is 0 Å². The molecule has 0 fully saturated rings. The van der Waals surface area contributed by atoms with Crippen LogP contribution >= 0.6 is 0 Å². The first-order valence-electron chi connectivity index (χ1n) is 7.04. The molecule has 3 N–H and O–H groups in total. The fourth-order valence-corrected chi connectivity index (χ4v) is 2.12. The fourth-order valence-electron chi connectivity index (χ4n) is 2.12. The smallest absolute Gasteiger partial charge is 0.221 e. The Labute approximate surface area is 129 Å². The van der Waals surface area contributed by atoms with Crippen LogP contribution in [0, 0.1) is 5.82 Å². The van der Waals surface area contributed by atoms with Crippen LogP contribution in [0.1, 0.15) is 23.6 Å². The van der Waals surface area contributed by atoms with E-state index >= 15 is 0 Å². The summed E-state index contributed by atoms with van der Waals surface area (Å²) in [5.74, 6) is -0.485. The molecule has 0 unspecified atom stereocenters. The van der Waals surface area contributed by atoms with Crippen molar-refractivity contribution in [2.75, 3.05) is 5.32 Å². The molecule has 0 aliphatic heterocycles. The number of hydrogen-bond acceptors (Lipinski definition) is 3. The lowest BCUT2D eigenvalue weighted by atomic mass is 10.1. The number of carbonyl (C=O) groups excluding carboxylic acids is 1. The minimum absolute atomic E-state index is 0.0955. The number of nitrogens with one attached hydrogen (secondary N) is 2. The first-order valence-corrected chi connectivity index (χ1v) is 7.04. The maximum atomic E-state index is 13.3. The van der Waals surface area contributed by atoms with Crippen LogP contribution < -0.4 is 10.6 Å². The van der Waals surface area contributed by atoms with Crippen molar-refractivity contribution in [1.29, 1.82) is 0 Å². The highest BCUT2D eigenvalue weighted by molar-refractivity contribution is 5.88. The SMILES string of the molecule is CC(=O)Nc1ccc(CNCc2ccc(F)c(CO)c2)cc1. The first-order chi connectivity index (χ1) is 10.6. The quantitative estimate of drug-likeness (QED) is 0.768.